The van der Waals surface area contributed by atoms with E-state index in [4.69, 9.17) is 5.53 Å². The number of allylic oxidation sites excluding steroid dienone is 2. The van der Waals surface area contributed by atoms with Crippen molar-refractivity contribution in [3.05, 3.63) is 65.4 Å². The summed E-state index contributed by atoms with van der Waals surface area (Å²) in [5.41, 5.74) is 11.3. The number of nitrogens with one attached hydrogen (secondary N) is 3. The first-order valence-corrected chi connectivity index (χ1v) is 11.7. The molecule has 0 aromatic heterocycles. The zero-order valence-corrected chi connectivity index (χ0v) is 19.8. The summed E-state index contributed by atoms with van der Waals surface area (Å²) in [6, 6.07) is 3.71. The van der Waals surface area contributed by atoms with Gasteiger partial charge in [0.05, 0.1) is 18.0 Å². The molecule has 1 aromatic carbocycles. The maximum absolute atomic E-state index is 14.2. The van der Waals surface area contributed by atoms with Gasteiger partial charge in [-0.05, 0) is 48.6 Å². The van der Waals surface area contributed by atoms with Crippen molar-refractivity contribution in [3.63, 3.8) is 0 Å². The van der Waals surface area contributed by atoms with Crippen LogP contribution in [-0.2, 0) is 6.42 Å². The minimum atomic E-state index is -0.502. The molecular formula is C25H34FN7. The SMILES string of the molecule is CCc1cc(NC(N=N)N2CCN(C3=CN=C4C=CC=CC4N3)CC2C(C)C)c(C)cc1F. The second-order valence-corrected chi connectivity index (χ2v) is 9.19. The van der Waals surface area contributed by atoms with Gasteiger partial charge in [-0.3, -0.25) is 9.89 Å². The molecule has 2 heterocycles. The molecule has 3 aliphatic rings. The molecule has 7 nitrogen and oxygen atoms in total. The molecule has 3 atom stereocenters. The molecule has 0 saturated carbocycles. The van der Waals surface area contributed by atoms with Gasteiger partial charge in [-0.1, -0.05) is 39.0 Å². The van der Waals surface area contributed by atoms with Gasteiger partial charge in [-0.25, -0.2) is 9.92 Å². The van der Waals surface area contributed by atoms with Gasteiger partial charge in [-0.2, -0.15) is 5.11 Å². The minimum Gasteiger partial charge on any atom is -0.359 e. The standard InChI is InChI=1S/C25H34FN7/c1-5-18-13-22(17(4)12-19(18)26)30-25(31-27)33-11-10-32(15-23(33)16(2)3)24-14-28-20-8-6-7-9-21(20)29-24/h6-9,12-14,16,21,23,25,27,29-30H,5,10-11,15H2,1-4H3. The van der Waals surface area contributed by atoms with Crippen LogP contribution in [0.1, 0.15) is 31.9 Å². The lowest BCUT2D eigenvalue weighted by atomic mass is 9.99. The first-order chi connectivity index (χ1) is 15.9. The molecule has 1 aliphatic carbocycles. The second kappa shape index (κ2) is 9.87. The van der Waals surface area contributed by atoms with Gasteiger partial charge in [0.2, 0.25) is 0 Å². The number of hydrogen-bond donors (Lipinski definition) is 3. The molecule has 33 heavy (non-hydrogen) atoms. The third kappa shape index (κ3) is 4.85. The van der Waals surface area contributed by atoms with Crippen molar-refractivity contribution in [2.75, 3.05) is 25.0 Å². The molecule has 3 N–H and O–H groups in total. The van der Waals surface area contributed by atoms with Crippen LogP contribution in [0, 0.1) is 24.2 Å². The molecule has 0 bridgehead atoms. The fraction of sp³-hybridized carbons (Fsp3) is 0.480. The van der Waals surface area contributed by atoms with Crippen molar-refractivity contribution >= 4 is 11.4 Å². The molecule has 1 saturated heterocycles. The summed E-state index contributed by atoms with van der Waals surface area (Å²) in [5, 5.41) is 10.9. The first-order valence-electron chi connectivity index (χ1n) is 11.7. The Hall–Kier alpha value is -3.00. The fourth-order valence-corrected chi connectivity index (χ4v) is 4.69. The van der Waals surface area contributed by atoms with Crippen LogP contribution >= 0.6 is 0 Å². The van der Waals surface area contributed by atoms with E-state index < -0.39 is 6.29 Å². The lowest BCUT2D eigenvalue weighted by Crippen LogP contribution is -2.60. The number of aryl methyl sites for hydroxylation is 2. The third-order valence-corrected chi connectivity index (χ3v) is 6.71. The van der Waals surface area contributed by atoms with Gasteiger partial charge in [-0.15, -0.1) is 0 Å². The number of aliphatic imine (C=N–C) groups is 1. The van der Waals surface area contributed by atoms with Gasteiger partial charge >= 0.3 is 0 Å². The van der Waals surface area contributed by atoms with Crippen molar-refractivity contribution < 1.29 is 4.39 Å². The van der Waals surface area contributed by atoms with E-state index in [1.807, 2.05) is 44.3 Å². The highest BCUT2D eigenvalue weighted by Gasteiger charge is 2.35. The van der Waals surface area contributed by atoms with Gasteiger partial charge in [0.1, 0.15) is 11.6 Å². The van der Waals surface area contributed by atoms with Crippen LogP contribution in [0.5, 0.6) is 0 Å². The molecule has 0 amide bonds. The van der Waals surface area contributed by atoms with E-state index in [9.17, 15) is 4.39 Å². The van der Waals surface area contributed by atoms with E-state index >= 15 is 0 Å². The molecule has 176 valence electrons. The number of piperazine rings is 1. The Morgan fingerprint density at radius 3 is 2.85 bits per heavy atom. The van der Waals surface area contributed by atoms with Crippen LogP contribution in [0.25, 0.3) is 0 Å². The van der Waals surface area contributed by atoms with E-state index in [1.165, 1.54) is 0 Å². The predicted molar refractivity (Wildman–Crippen MR) is 131 cm³/mol. The van der Waals surface area contributed by atoms with Crippen LogP contribution in [0.15, 0.2) is 58.6 Å². The third-order valence-electron chi connectivity index (χ3n) is 6.71. The average Bonchev–Trinajstić information content (AvgIpc) is 2.83. The van der Waals surface area contributed by atoms with Gasteiger partial charge in [0.15, 0.2) is 6.29 Å². The summed E-state index contributed by atoms with van der Waals surface area (Å²) >= 11 is 0. The number of rotatable bonds is 7. The summed E-state index contributed by atoms with van der Waals surface area (Å²) < 4.78 is 14.2. The van der Waals surface area contributed by atoms with Crippen molar-refractivity contribution in [3.8, 4) is 0 Å². The monoisotopic (exact) mass is 451 g/mol. The highest BCUT2D eigenvalue weighted by atomic mass is 19.1. The first kappa shape index (κ1) is 23.2. The zero-order chi connectivity index (χ0) is 23.5. The van der Waals surface area contributed by atoms with Crippen molar-refractivity contribution in [2.24, 2.45) is 16.0 Å². The van der Waals surface area contributed by atoms with Crippen LogP contribution in [0.3, 0.4) is 0 Å². The molecule has 3 unspecified atom stereocenters. The molecular weight excluding hydrogens is 417 g/mol. The topological polar surface area (TPSA) is 79.1 Å². The molecule has 8 heteroatoms. The van der Waals surface area contributed by atoms with Crippen molar-refractivity contribution in [1.29, 1.82) is 5.53 Å². The van der Waals surface area contributed by atoms with Crippen LogP contribution in [0.4, 0.5) is 10.1 Å². The highest BCUT2D eigenvalue weighted by Crippen LogP contribution is 2.27. The Morgan fingerprint density at radius 1 is 1.30 bits per heavy atom. The average molecular weight is 452 g/mol. The van der Waals surface area contributed by atoms with Crippen LogP contribution < -0.4 is 10.6 Å². The Morgan fingerprint density at radius 2 is 2.12 bits per heavy atom. The van der Waals surface area contributed by atoms with E-state index in [2.05, 4.69) is 50.5 Å². The number of hydrogen-bond acceptors (Lipinski definition) is 7. The predicted octanol–water partition coefficient (Wildman–Crippen LogP) is 4.40. The Bertz CT molecular complexity index is 1010. The number of halogens is 1. The van der Waals surface area contributed by atoms with Gasteiger partial charge in [0, 0.05) is 31.4 Å². The quantitative estimate of drug-likeness (QED) is 0.537. The molecule has 4 rings (SSSR count). The Balaban J connectivity index is 1.51. The van der Waals surface area contributed by atoms with E-state index in [0.29, 0.717) is 17.9 Å². The van der Waals surface area contributed by atoms with E-state index in [-0.39, 0.29) is 17.9 Å². The zero-order valence-electron chi connectivity index (χ0n) is 19.8. The lowest BCUT2D eigenvalue weighted by Gasteiger charge is -2.47. The fourth-order valence-electron chi connectivity index (χ4n) is 4.69. The second-order valence-electron chi connectivity index (χ2n) is 9.19. The molecule has 0 radical (unpaired) electrons. The summed E-state index contributed by atoms with van der Waals surface area (Å²) in [6.07, 6.45) is 10.2. The summed E-state index contributed by atoms with van der Waals surface area (Å²) in [6.45, 7) is 10.6. The van der Waals surface area contributed by atoms with E-state index in [0.717, 1.165) is 42.4 Å². The maximum atomic E-state index is 14.2. The van der Waals surface area contributed by atoms with E-state index in [1.54, 1.807) is 6.07 Å². The van der Waals surface area contributed by atoms with Gasteiger partial charge < -0.3 is 15.5 Å². The Kier molecular flexibility index (Phi) is 6.93. The number of anilines is 1. The number of benzene rings is 1. The maximum Gasteiger partial charge on any atom is 0.196 e. The van der Waals surface area contributed by atoms with Gasteiger partial charge in [0.25, 0.3) is 0 Å². The van der Waals surface area contributed by atoms with Crippen LogP contribution in [-0.4, -0.2) is 53.5 Å². The lowest BCUT2D eigenvalue weighted by molar-refractivity contribution is 0.0365. The van der Waals surface area contributed by atoms with Crippen molar-refractivity contribution in [2.45, 2.75) is 52.5 Å². The largest absolute Gasteiger partial charge is 0.359 e. The minimum absolute atomic E-state index is 0.109. The molecule has 1 fully saturated rings. The summed E-state index contributed by atoms with van der Waals surface area (Å²) in [5.74, 6) is 1.21. The smallest absolute Gasteiger partial charge is 0.196 e. The number of nitrogens with zero attached hydrogens (tertiary/aromatic N) is 4. The highest BCUT2D eigenvalue weighted by molar-refractivity contribution is 6.02. The van der Waals surface area contributed by atoms with Crippen molar-refractivity contribution in [1.82, 2.24) is 15.1 Å². The summed E-state index contributed by atoms with van der Waals surface area (Å²) in [7, 11) is 0. The molecule has 2 aliphatic heterocycles. The summed E-state index contributed by atoms with van der Waals surface area (Å²) in [4.78, 5) is 9.24. The number of fused-ring (bicyclic) bond motifs is 1. The normalized spacial score (nSPS) is 23.5. The van der Waals surface area contributed by atoms with Crippen LogP contribution in [0.2, 0.25) is 0 Å². The molecule has 0 spiro atoms. The molecule has 1 aromatic rings. The Labute approximate surface area is 195 Å².